The van der Waals surface area contributed by atoms with Crippen LogP contribution in [0.5, 0.6) is 0 Å². The second-order valence-electron chi connectivity index (χ2n) is 6.52. The van der Waals surface area contributed by atoms with Gasteiger partial charge in [-0.1, -0.05) is 42.1 Å². The van der Waals surface area contributed by atoms with Crippen molar-refractivity contribution >= 4 is 40.9 Å². The Morgan fingerprint density at radius 3 is 2.21 bits per heavy atom. The number of hydrogen-bond acceptors (Lipinski definition) is 6. The van der Waals surface area contributed by atoms with Gasteiger partial charge in [0.1, 0.15) is 0 Å². The van der Waals surface area contributed by atoms with Crippen molar-refractivity contribution in [2.24, 2.45) is 0 Å². The molecule has 3 rings (SSSR count). The van der Waals surface area contributed by atoms with Gasteiger partial charge in [-0.15, -0.1) is 0 Å². The largest absolute Gasteiger partial charge is 0.452 e. The molecule has 0 fully saturated rings. The van der Waals surface area contributed by atoms with Gasteiger partial charge in [-0.05, 0) is 48.5 Å². The van der Waals surface area contributed by atoms with Crippen LogP contribution in [0.2, 0.25) is 0 Å². The Balaban J connectivity index is 1.54. The van der Waals surface area contributed by atoms with E-state index in [9.17, 15) is 23.2 Å². The molecule has 0 aliphatic heterocycles. The van der Waals surface area contributed by atoms with Crippen LogP contribution in [-0.2, 0) is 9.53 Å². The van der Waals surface area contributed by atoms with Crippen LogP contribution in [0, 0.1) is 0 Å². The first kappa shape index (κ1) is 23.7. The number of thioether (sulfide) groups is 1. The summed E-state index contributed by atoms with van der Waals surface area (Å²) in [5, 5.41) is 3.02. The topological polar surface area (TPSA) is 96.5 Å². The molecule has 0 aromatic heterocycles. The Labute approximate surface area is 192 Å². The van der Waals surface area contributed by atoms with Crippen LogP contribution in [0.4, 0.5) is 20.2 Å². The van der Waals surface area contributed by atoms with Crippen LogP contribution in [-0.4, -0.2) is 30.1 Å². The Morgan fingerprint density at radius 2 is 1.52 bits per heavy atom. The predicted octanol–water partition coefficient (Wildman–Crippen LogP) is 4.36. The molecule has 0 bridgehead atoms. The molecular formula is C23H19F2N3O4S. The van der Waals surface area contributed by atoms with Gasteiger partial charge in [0, 0.05) is 16.1 Å². The van der Waals surface area contributed by atoms with Crippen molar-refractivity contribution in [3.05, 3.63) is 90.0 Å². The molecule has 2 amide bonds. The Morgan fingerprint density at radius 1 is 0.848 bits per heavy atom. The normalized spacial score (nSPS) is 10.4. The van der Waals surface area contributed by atoms with Crippen molar-refractivity contribution in [1.82, 2.24) is 10.9 Å². The third-order valence-corrected chi connectivity index (χ3v) is 4.91. The van der Waals surface area contributed by atoms with Gasteiger partial charge < -0.3 is 10.1 Å². The first-order chi connectivity index (χ1) is 15.9. The van der Waals surface area contributed by atoms with E-state index in [1.807, 2.05) is 0 Å². The number of alkyl halides is 2. The van der Waals surface area contributed by atoms with E-state index in [0.29, 0.717) is 33.6 Å². The summed E-state index contributed by atoms with van der Waals surface area (Å²) in [6.45, 7) is -0.609. The molecule has 10 heteroatoms. The number of nitrogens with one attached hydrogen (secondary N) is 3. The first-order valence-electron chi connectivity index (χ1n) is 9.64. The van der Waals surface area contributed by atoms with Gasteiger partial charge in [0.2, 0.25) is 0 Å². The monoisotopic (exact) mass is 471 g/mol. The van der Waals surface area contributed by atoms with E-state index in [1.54, 1.807) is 60.7 Å². The van der Waals surface area contributed by atoms with Crippen LogP contribution >= 0.6 is 11.8 Å². The summed E-state index contributed by atoms with van der Waals surface area (Å²) >= 11 is 0.436. The summed E-state index contributed by atoms with van der Waals surface area (Å²) in [4.78, 5) is 36.7. The van der Waals surface area contributed by atoms with Crippen LogP contribution in [0.3, 0.4) is 0 Å². The van der Waals surface area contributed by atoms with Gasteiger partial charge in [0.25, 0.3) is 17.6 Å². The number of carbonyl (C=O) groups is 3. The minimum atomic E-state index is -2.51. The molecule has 0 aliphatic carbocycles. The summed E-state index contributed by atoms with van der Waals surface area (Å²) in [6, 6.07) is 21.0. The van der Waals surface area contributed by atoms with E-state index in [1.165, 1.54) is 18.2 Å². The molecule has 3 N–H and O–H groups in total. The van der Waals surface area contributed by atoms with Gasteiger partial charge in [0.05, 0.1) is 11.3 Å². The molecular weight excluding hydrogens is 452 g/mol. The lowest BCUT2D eigenvalue weighted by molar-refractivity contribution is -0.125. The van der Waals surface area contributed by atoms with Gasteiger partial charge in [-0.25, -0.2) is 4.79 Å². The number of halogens is 2. The van der Waals surface area contributed by atoms with E-state index >= 15 is 0 Å². The molecule has 0 heterocycles. The highest BCUT2D eigenvalue weighted by atomic mass is 32.2. The molecule has 33 heavy (non-hydrogen) atoms. The molecule has 0 aliphatic rings. The maximum absolute atomic E-state index is 12.5. The van der Waals surface area contributed by atoms with Crippen molar-refractivity contribution in [3.63, 3.8) is 0 Å². The lowest BCUT2D eigenvalue weighted by Crippen LogP contribution is -2.43. The van der Waals surface area contributed by atoms with Crippen LogP contribution < -0.4 is 16.2 Å². The average molecular weight is 471 g/mol. The van der Waals surface area contributed by atoms with E-state index in [4.69, 9.17) is 4.74 Å². The summed E-state index contributed by atoms with van der Waals surface area (Å²) in [6.07, 6.45) is 0. The predicted molar refractivity (Wildman–Crippen MR) is 120 cm³/mol. The number of benzene rings is 3. The third-order valence-electron chi connectivity index (χ3n) is 4.19. The number of hydrogen-bond donors (Lipinski definition) is 3. The van der Waals surface area contributed by atoms with Crippen LogP contribution in [0.15, 0.2) is 83.8 Å². The fourth-order valence-corrected chi connectivity index (χ4v) is 3.18. The molecule has 3 aromatic carbocycles. The lowest BCUT2D eigenvalue weighted by Gasteiger charge is -2.12. The Kier molecular flexibility index (Phi) is 8.36. The van der Waals surface area contributed by atoms with Crippen LogP contribution in [0.1, 0.15) is 20.7 Å². The highest BCUT2D eigenvalue weighted by Gasteiger charge is 2.15. The Bertz CT molecular complexity index is 1110. The molecule has 170 valence electrons. The average Bonchev–Trinajstić information content (AvgIpc) is 2.82. The quantitative estimate of drug-likeness (QED) is 0.257. The van der Waals surface area contributed by atoms with Crippen molar-refractivity contribution in [1.29, 1.82) is 0 Å². The number of rotatable bonds is 8. The van der Waals surface area contributed by atoms with Crippen molar-refractivity contribution in [3.8, 4) is 0 Å². The molecule has 3 aromatic rings. The molecule has 0 unspecified atom stereocenters. The van der Waals surface area contributed by atoms with E-state index in [-0.39, 0.29) is 5.56 Å². The highest BCUT2D eigenvalue weighted by molar-refractivity contribution is 7.99. The minimum absolute atomic E-state index is 0.171. The summed E-state index contributed by atoms with van der Waals surface area (Å²) in [5.74, 6) is -4.50. The second-order valence-corrected chi connectivity index (χ2v) is 7.58. The standard InChI is InChI=1S/C23H19F2N3O4S/c24-23(25)33-17-12-10-16(11-13-17)26-19-9-5-4-8-18(19)22(31)32-14-20(29)27-28-21(30)15-6-2-1-3-7-15/h1-13,23,26H,14H2,(H,27,29)(H,28,30). The van der Waals surface area contributed by atoms with Crippen molar-refractivity contribution in [2.75, 3.05) is 11.9 Å². The molecule has 7 nitrogen and oxygen atoms in total. The van der Waals surface area contributed by atoms with E-state index in [2.05, 4.69) is 16.2 Å². The first-order valence-corrected chi connectivity index (χ1v) is 10.5. The Hall–Kier alpha value is -3.92. The van der Waals surface area contributed by atoms with Gasteiger partial charge >= 0.3 is 5.97 Å². The number of esters is 1. The number of amides is 2. The summed E-state index contributed by atoms with van der Waals surface area (Å²) in [7, 11) is 0. The zero-order valence-corrected chi connectivity index (χ0v) is 17.9. The molecule has 0 spiro atoms. The lowest BCUT2D eigenvalue weighted by atomic mass is 10.1. The number of para-hydroxylation sites is 1. The van der Waals surface area contributed by atoms with Crippen molar-refractivity contribution < 1.29 is 27.9 Å². The number of carbonyl (C=O) groups excluding carboxylic acids is 3. The fourth-order valence-electron chi connectivity index (χ4n) is 2.68. The maximum Gasteiger partial charge on any atom is 0.340 e. The van der Waals surface area contributed by atoms with Gasteiger partial charge in [-0.3, -0.25) is 20.4 Å². The number of ether oxygens (including phenoxy) is 1. The number of anilines is 2. The summed E-state index contributed by atoms with van der Waals surface area (Å²) < 4.78 is 29.9. The minimum Gasteiger partial charge on any atom is -0.452 e. The molecule has 0 atom stereocenters. The zero-order chi connectivity index (χ0) is 23.6. The molecule has 0 radical (unpaired) electrons. The fraction of sp³-hybridized carbons (Fsp3) is 0.0870. The van der Waals surface area contributed by atoms with Crippen LogP contribution in [0.25, 0.3) is 0 Å². The summed E-state index contributed by atoms with van der Waals surface area (Å²) in [5.41, 5.74) is 5.92. The van der Waals surface area contributed by atoms with E-state index < -0.39 is 30.1 Å². The second kappa shape index (κ2) is 11.6. The van der Waals surface area contributed by atoms with Crippen molar-refractivity contribution in [2.45, 2.75) is 10.7 Å². The zero-order valence-electron chi connectivity index (χ0n) is 17.1. The SMILES string of the molecule is O=C(COC(=O)c1ccccc1Nc1ccc(SC(F)F)cc1)NNC(=O)c1ccccc1. The van der Waals surface area contributed by atoms with E-state index in [0.717, 1.165) is 0 Å². The smallest absolute Gasteiger partial charge is 0.340 e. The maximum atomic E-state index is 12.5. The van der Waals surface area contributed by atoms with Gasteiger partial charge in [-0.2, -0.15) is 8.78 Å². The molecule has 0 saturated carbocycles. The molecule has 0 saturated heterocycles. The van der Waals surface area contributed by atoms with Gasteiger partial charge in [0.15, 0.2) is 6.61 Å². The third kappa shape index (κ3) is 7.32. The number of hydrazine groups is 1. The highest BCUT2D eigenvalue weighted by Crippen LogP contribution is 2.28.